The molecule has 0 saturated carbocycles. The molecule has 0 aliphatic carbocycles. The Kier molecular flexibility index (Phi) is 3.56. The summed E-state index contributed by atoms with van der Waals surface area (Å²) in [7, 11) is -2.56. The fraction of sp³-hybridized carbons (Fsp3) is 0.133. The molecule has 0 saturated heterocycles. The summed E-state index contributed by atoms with van der Waals surface area (Å²) in [5, 5.41) is 0. The molecule has 120 valence electrons. The highest BCUT2D eigenvalue weighted by molar-refractivity contribution is 7.92. The largest absolute Gasteiger partial charge is 0.315 e. The number of anilines is 2. The van der Waals surface area contributed by atoms with Crippen LogP contribution in [0.1, 0.15) is 5.56 Å². The van der Waals surface area contributed by atoms with Crippen LogP contribution < -0.4 is 9.62 Å². The predicted molar refractivity (Wildman–Crippen MR) is 80.7 cm³/mol. The molecule has 0 unspecified atom stereocenters. The van der Waals surface area contributed by atoms with E-state index in [2.05, 4.69) is 4.72 Å². The van der Waals surface area contributed by atoms with Crippen molar-refractivity contribution < 1.29 is 22.0 Å². The molecule has 3 rings (SSSR count). The standard InChI is InChI=1S/C15H12F2N2O3S/c1-19-13-4-3-11(6-9(13)7-15(19)20)18-23(21,22)14-5-2-10(16)8-12(14)17/h2-6,8,18H,7H2,1H3. The van der Waals surface area contributed by atoms with Crippen LogP contribution in [0, 0.1) is 11.6 Å². The Morgan fingerprint density at radius 3 is 2.57 bits per heavy atom. The Balaban J connectivity index is 1.93. The number of rotatable bonds is 3. The molecule has 1 N–H and O–H groups in total. The highest BCUT2D eigenvalue weighted by Crippen LogP contribution is 2.31. The van der Waals surface area contributed by atoms with Gasteiger partial charge in [0.2, 0.25) is 5.91 Å². The lowest BCUT2D eigenvalue weighted by Gasteiger charge is -2.12. The topological polar surface area (TPSA) is 66.5 Å². The van der Waals surface area contributed by atoms with Crippen LogP contribution in [0.2, 0.25) is 0 Å². The number of likely N-dealkylation sites (N-methyl/N-ethyl adjacent to an activating group) is 1. The van der Waals surface area contributed by atoms with Crippen molar-refractivity contribution in [3.8, 4) is 0 Å². The van der Waals surface area contributed by atoms with Crippen LogP contribution in [-0.4, -0.2) is 21.4 Å². The second kappa shape index (κ2) is 5.31. The Hall–Kier alpha value is -2.48. The number of amides is 1. The Morgan fingerprint density at radius 2 is 1.87 bits per heavy atom. The molecule has 0 fully saturated rings. The molecule has 1 amide bonds. The van der Waals surface area contributed by atoms with Crippen LogP contribution in [0.15, 0.2) is 41.3 Å². The van der Waals surface area contributed by atoms with Gasteiger partial charge in [-0.3, -0.25) is 9.52 Å². The number of hydrogen-bond acceptors (Lipinski definition) is 3. The minimum atomic E-state index is -4.20. The van der Waals surface area contributed by atoms with Crippen LogP contribution in [0.5, 0.6) is 0 Å². The van der Waals surface area contributed by atoms with E-state index in [1.54, 1.807) is 13.1 Å². The third-order valence-electron chi connectivity index (χ3n) is 3.59. The molecule has 1 aliphatic heterocycles. The Bertz CT molecular complexity index is 913. The summed E-state index contributed by atoms with van der Waals surface area (Å²) in [6.07, 6.45) is 0.173. The first-order valence-corrected chi connectivity index (χ1v) is 8.13. The summed E-state index contributed by atoms with van der Waals surface area (Å²) in [5.41, 5.74) is 1.58. The average molecular weight is 338 g/mol. The second-order valence-corrected chi connectivity index (χ2v) is 6.80. The van der Waals surface area contributed by atoms with E-state index in [1.807, 2.05) is 0 Å². The lowest BCUT2D eigenvalue weighted by Crippen LogP contribution is -2.20. The van der Waals surface area contributed by atoms with Gasteiger partial charge in [0.05, 0.1) is 6.42 Å². The van der Waals surface area contributed by atoms with E-state index in [0.29, 0.717) is 17.3 Å². The van der Waals surface area contributed by atoms with E-state index in [4.69, 9.17) is 0 Å². The first-order chi connectivity index (χ1) is 10.8. The number of carbonyl (C=O) groups excluding carboxylic acids is 1. The quantitative estimate of drug-likeness (QED) is 0.934. The number of benzene rings is 2. The molecule has 0 aromatic heterocycles. The number of hydrogen-bond donors (Lipinski definition) is 1. The Morgan fingerprint density at radius 1 is 1.13 bits per heavy atom. The van der Waals surface area contributed by atoms with Gasteiger partial charge in [-0.05, 0) is 35.9 Å². The predicted octanol–water partition coefficient (Wildman–Crippen LogP) is 2.28. The smallest absolute Gasteiger partial charge is 0.264 e. The highest BCUT2D eigenvalue weighted by Gasteiger charge is 2.25. The van der Waals surface area contributed by atoms with Crippen LogP contribution in [0.4, 0.5) is 20.2 Å². The fourth-order valence-electron chi connectivity index (χ4n) is 2.44. The van der Waals surface area contributed by atoms with Gasteiger partial charge in [0.15, 0.2) is 0 Å². The first kappa shape index (κ1) is 15.4. The molecule has 5 nitrogen and oxygen atoms in total. The zero-order valence-electron chi connectivity index (χ0n) is 12.0. The lowest BCUT2D eigenvalue weighted by molar-refractivity contribution is -0.117. The van der Waals surface area contributed by atoms with Crippen molar-refractivity contribution in [1.82, 2.24) is 0 Å². The molecule has 8 heteroatoms. The van der Waals surface area contributed by atoms with Crippen molar-refractivity contribution in [3.63, 3.8) is 0 Å². The Labute approximate surface area is 131 Å². The summed E-state index contributed by atoms with van der Waals surface area (Å²) < 4.78 is 53.2. The number of nitrogens with one attached hydrogen (secondary N) is 1. The summed E-state index contributed by atoms with van der Waals surface area (Å²) >= 11 is 0. The zero-order valence-corrected chi connectivity index (χ0v) is 12.8. The van der Waals surface area contributed by atoms with E-state index >= 15 is 0 Å². The van der Waals surface area contributed by atoms with E-state index in [1.165, 1.54) is 17.0 Å². The third kappa shape index (κ3) is 2.77. The molecule has 2 aromatic rings. The minimum absolute atomic E-state index is 0.0930. The van der Waals surface area contributed by atoms with Gasteiger partial charge in [0, 0.05) is 24.5 Å². The number of halogens is 2. The van der Waals surface area contributed by atoms with E-state index < -0.39 is 26.6 Å². The number of sulfonamides is 1. The van der Waals surface area contributed by atoms with Crippen molar-refractivity contribution in [2.75, 3.05) is 16.7 Å². The second-order valence-electron chi connectivity index (χ2n) is 5.15. The maximum Gasteiger partial charge on any atom is 0.264 e. The van der Waals surface area contributed by atoms with Crippen molar-refractivity contribution >= 4 is 27.3 Å². The summed E-state index contributed by atoms with van der Waals surface area (Å²) in [6.45, 7) is 0. The maximum atomic E-state index is 13.7. The third-order valence-corrected chi connectivity index (χ3v) is 5.01. The molecule has 1 heterocycles. The average Bonchev–Trinajstić information content (AvgIpc) is 2.72. The number of carbonyl (C=O) groups is 1. The van der Waals surface area contributed by atoms with Crippen molar-refractivity contribution in [2.24, 2.45) is 0 Å². The normalized spacial score (nSPS) is 14.0. The van der Waals surface area contributed by atoms with Gasteiger partial charge in [0.25, 0.3) is 10.0 Å². The minimum Gasteiger partial charge on any atom is -0.315 e. The van der Waals surface area contributed by atoms with E-state index in [9.17, 15) is 22.0 Å². The monoisotopic (exact) mass is 338 g/mol. The van der Waals surface area contributed by atoms with Gasteiger partial charge < -0.3 is 4.90 Å². The molecule has 0 spiro atoms. The molecule has 1 aliphatic rings. The molecular formula is C15H12F2N2O3S. The van der Waals surface area contributed by atoms with Crippen LogP contribution in [-0.2, 0) is 21.2 Å². The number of nitrogens with zero attached hydrogens (tertiary/aromatic N) is 1. The first-order valence-electron chi connectivity index (χ1n) is 6.65. The van der Waals surface area contributed by atoms with Crippen molar-refractivity contribution in [3.05, 3.63) is 53.6 Å². The van der Waals surface area contributed by atoms with Crippen LogP contribution >= 0.6 is 0 Å². The van der Waals surface area contributed by atoms with Crippen molar-refractivity contribution in [1.29, 1.82) is 0 Å². The molecule has 0 radical (unpaired) electrons. The van der Waals surface area contributed by atoms with Gasteiger partial charge in [0.1, 0.15) is 16.5 Å². The molecule has 23 heavy (non-hydrogen) atoms. The van der Waals surface area contributed by atoms with Crippen LogP contribution in [0.3, 0.4) is 0 Å². The summed E-state index contributed by atoms with van der Waals surface area (Å²) in [4.78, 5) is 12.5. The maximum absolute atomic E-state index is 13.7. The molecule has 0 atom stereocenters. The summed E-state index contributed by atoms with van der Waals surface area (Å²) in [5.74, 6) is -2.13. The SMILES string of the molecule is CN1C(=O)Cc2cc(NS(=O)(=O)c3ccc(F)cc3F)ccc21. The van der Waals surface area contributed by atoms with Crippen LogP contribution in [0.25, 0.3) is 0 Å². The van der Waals surface area contributed by atoms with Gasteiger partial charge in [-0.2, -0.15) is 0 Å². The fourth-order valence-corrected chi connectivity index (χ4v) is 3.55. The van der Waals surface area contributed by atoms with Gasteiger partial charge >= 0.3 is 0 Å². The van der Waals surface area contributed by atoms with Gasteiger partial charge in [-0.15, -0.1) is 0 Å². The molecular weight excluding hydrogens is 326 g/mol. The lowest BCUT2D eigenvalue weighted by atomic mass is 10.1. The van der Waals surface area contributed by atoms with E-state index in [-0.39, 0.29) is 18.0 Å². The molecule has 0 bridgehead atoms. The van der Waals surface area contributed by atoms with Gasteiger partial charge in [-0.1, -0.05) is 0 Å². The summed E-state index contributed by atoms with van der Waals surface area (Å²) in [6, 6.07) is 6.85. The van der Waals surface area contributed by atoms with Crippen molar-refractivity contribution in [2.45, 2.75) is 11.3 Å². The molecule has 2 aromatic carbocycles. The van der Waals surface area contributed by atoms with Gasteiger partial charge in [-0.25, -0.2) is 17.2 Å². The zero-order chi connectivity index (χ0) is 16.8. The van der Waals surface area contributed by atoms with E-state index in [0.717, 1.165) is 12.1 Å². The highest BCUT2D eigenvalue weighted by atomic mass is 32.2. The number of fused-ring (bicyclic) bond motifs is 1.